The van der Waals surface area contributed by atoms with Gasteiger partial charge in [0, 0.05) is 11.8 Å². The zero-order valence-electron chi connectivity index (χ0n) is 15.8. The second-order valence-electron chi connectivity index (χ2n) is 6.53. The number of sulfone groups is 1. The summed E-state index contributed by atoms with van der Waals surface area (Å²) in [4.78, 5) is 3.19. The fourth-order valence-electron chi connectivity index (χ4n) is 2.96. The van der Waals surface area contributed by atoms with Crippen molar-refractivity contribution in [2.24, 2.45) is 16.5 Å². The number of halogens is 5. The van der Waals surface area contributed by atoms with Gasteiger partial charge in [-0.2, -0.15) is 22.0 Å². The molecule has 4 N–H and O–H groups in total. The molecular formula is C17H24F5N3O2S. The van der Waals surface area contributed by atoms with Gasteiger partial charge in [-0.25, -0.2) is 13.4 Å². The van der Waals surface area contributed by atoms with Gasteiger partial charge >= 0.3 is 12.1 Å². The molecule has 0 aliphatic rings. The van der Waals surface area contributed by atoms with Gasteiger partial charge in [0.1, 0.15) is 0 Å². The van der Waals surface area contributed by atoms with Gasteiger partial charge in [0.15, 0.2) is 15.8 Å². The number of alkyl halides is 5. The predicted molar refractivity (Wildman–Crippen MR) is 97.0 cm³/mol. The summed E-state index contributed by atoms with van der Waals surface area (Å²) < 4.78 is 92.0. The maximum Gasteiger partial charge on any atom is 0.458 e. The van der Waals surface area contributed by atoms with E-state index < -0.39 is 51.5 Å². The van der Waals surface area contributed by atoms with Crippen molar-refractivity contribution in [3.63, 3.8) is 0 Å². The van der Waals surface area contributed by atoms with Crippen LogP contribution in [0.1, 0.15) is 55.7 Å². The van der Waals surface area contributed by atoms with E-state index in [2.05, 4.69) is 4.99 Å². The lowest BCUT2D eigenvalue weighted by Gasteiger charge is -2.26. The monoisotopic (exact) mass is 429 g/mol. The summed E-state index contributed by atoms with van der Waals surface area (Å²) in [5.74, 6) is -6.21. The van der Waals surface area contributed by atoms with Crippen molar-refractivity contribution in [2.45, 2.75) is 62.6 Å². The van der Waals surface area contributed by atoms with Gasteiger partial charge in [-0.3, -0.25) is 0 Å². The van der Waals surface area contributed by atoms with Crippen LogP contribution in [-0.2, 0) is 22.3 Å². The molecule has 1 unspecified atom stereocenters. The van der Waals surface area contributed by atoms with Gasteiger partial charge in [0.05, 0.1) is 11.4 Å². The summed E-state index contributed by atoms with van der Waals surface area (Å²) in [5.41, 5.74) is 8.29. The molecule has 11 heteroatoms. The fourth-order valence-corrected chi connectivity index (χ4v) is 3.97. The molecule has 0 saturated carbocycles. The molecule has 0 aliphatic heterocycles. The Morgan fingerprint density at radius 1 is 1.14 bits per heavy atom. The Hall–Kier alpha value is -1.91. The predicted octanol–water partition coefficient (Wildman–Crippen LogP) is 3.81. The second-order valence-corrected chi connectivity index (χ2v) is 8.51. The smallest absolute Gasteiger partial charge is 0.370 e. The number of aliphatic imine (C=N–C) groups is 1. The molecule has 0 aromatic heterocycles. The first-order valence-electron chi connectivity index (χ1n) is 8.54. The molecular weight excluding hydrogens is 405 g/mol. The molecule has 1 aromatic rings. The number of hydrogen-bond acceptors (Lipinski definition) is 3. The number of rotatable bonds is 8. The van der Waals surface area contributed by atoms with Gasteiger partial charge in [0.25, 0.3) is 0 Å². The lowest BCUT2D eigenvalue weighted by atomic mass is 9.88. The van der Waals surface area contributed by atoms with E-state index in [0.717, 1.165) is 12.3 Å². The number of nitrogens with zero attached hydrogens (tertiary/aromatic N) is 1. The number of hydrogen-bond donors (Lipinski definition) is 2. The molecule has 28 heavy (non-hydrogen) atoms. The third kappa shape index (κ3) is 5.33. The minimum absolute atomic E-state index is 0.0563. The highest BCUT2D eigenvalue weighted by Gasteiger charge is 2.59. The first-order valence-corrected chi connectivity index (χ1v) is 10.4. The number of nitrogens with two attached hydrogens (primary N) is 2. The van der Waals surface area contributed by atoms with Crippen LogP contribution in [0.25, 0.3) is 0 Å². The zero-order chi connectivity index (χ0) is 21.9. The number of benzene rings is 1. The first-order chi connectivity index (χ1) is 12.7. The maximum atomic E-state index is 14.2. The van der Waals surface area contributed by atoms with E-state index in [0.29, 0.717) is 25.3 Å². The third-order valence-electron chi connectivity index (χ3n) is 4.33. The second kappa shape index (κ2) is 8.62. The highest BCUT2D eigenvalue weighted by atomic mass is 32.2. The topological polar surface area (TPSA) is 98.5 Å². The molecule has 0 saturated heterocycles. The van der Waals surface area contributed by atoms with Gasteiger partial charge in [0.2, 0.25) is 0 Å². The van der Waals surface area contributed by atoms with Crippen LogP contribution in [0.5, 0.6) is 0 Å². The summed E-state index contributed by atoms with van der Waals surface area (Å²) in [6.07, 6.45) is -3.58. The van der Waals surface area contributed by atoms with Gasteiger partial charge in [-0.15, -0.1) is 0 Å². The lowest BCUT2D eigenvalue weighted by molar-refractivity contribution is -0.289. The maximum absolute atomic E-state index is 14.2. The minimum Gasteiger partial charge on any atom is -0.370 e. The standard InChI is InChI=1S/C17H24F5N3O2S/c1-4-6-10(5-2)12-8-13(16(18,19)17(20,21)22)11(9-25-15(23)24)7-14(12)28(3,26)27/h7-8,10H,4-6,9H2,1-3H3,(H4,23,24,25). The van der Waals surface area contributed by atoms with Crippen LogP contribution in [0, 0.1) is 0 Å². The Morgan fingerprint density at radius 3 is 2.11 bits per heavy atom. The first kappa shape index (κ1) is 24.1. The highest BCUT2D eigenvalue weighted by Crippen LogP contribution is 2.47. The largest absolute Gasteiger partial charge is 0.458 e. The van der Waals surface area contributed by atoms with E-state index >= 15 is 0 Å². The average molecular weight is 429 g/mol. The number of guanidine groups is 1. The van der Waals surface area contributed by atoms with Gasteiger partial charge < -0.3 is 11.5 Å². The van der Waals surface area contributed by atoms with Crippen molar-refractivity contribution in [1.29, 1.82) is 0 Å². The Kier molecular flexibility index (Phi) is 7.43. The van der Waals surface area contributed by atoms with E-state index in [1.165, 1.54) is 0 Å². The SMILES string of the molecule is CCCC(CC)c1cc(C(F)(F)C(F)(F)F)c(CN=C(N)N)cc1S(C)(=O)=O. The molecule has 1 rings (SSSR count). The molecule has 0 aliphatic carbocycles. The molecule has 0 heterocycles. The zero-order valence-corrected chi connectivity index (χ0v) is 16.6. The van der Waals surface area contributed by atoms with Gasteiger partial charge in [-0.1, -0.05) is 20.3 Å². The Labute approximate surface area is 160 Å². The van der Waals surface area contributed by atoms with Gasteiger partial charge in [-0.05, 0) is 42.0 Å². The Balaban J connectivity index is 3.92. The van der Waals surface area contributed by atoms with E-state index in [1.54, 1.807) is 13.8 Å². The van der Waals surface area contributed by atoms with Crippen LogP contribution < -0.4 is 11.5 Å². The highest BCUT2D eigenvalue weighted by molar-refractivity contribution is 7.90. The summed E-state index contributed by atoms with van der Waals surface area (Å²) in [6, 6.07) is 1.47. The molecule has 5 nitrogen and oxygen atoms in total. The van der Waals surface area contributed by atoms with Crippen molar-refractivity contribution >= 4 is 15.8 Å². The summed E-state index contributed by atoms with van der Waals surface area (Å²) in [7, 11) is -3.90. The minimum atomic E-state index is -5.87. The molecule has 0 fully saturated rings. The van der Waals surface area contributed by atoms with E-state index in [4.69, 9.17) is 11.5 Å². The Morgan fingerprint density at radius 2 is 1.71 bits per heavy atom. The molecule has 1 aromatic carbocycles. The van der Waals surface area contributed by atoms with Crippen molar-refractivity contribution < 1.29 is 30.4 Å². The molecule has 0 radical (unpaired) electrons. The van der Waals surface area contributed by atoms with E-state index in [-0.39, 0.29) is 10.5 Å². The van der Waals surface area contributed by atoms with E-state index in [9.17, 15) is 30.4 Å². The van der Waals surface area contributed by atoms with Crippen molar-refractivity contribution in [3.05, 3.63) is 28.8 Å². The molecule has 160 valence electrons. The third-order valence-corrected chi connectivity index (χ3v) is 5.48. The lowest BCUT2D eigenvalue weighted by Crippen LogP contribution is -2.35. The van der Waals surface area contributed by atoms with Crippen LogP contribution >= 0.6 is 0 Å². The summed E-state index contributed by atoms with van der Waals surface area (Å²) in [6.45, 7) is 2.80. The molecule has 0 amide bonds. The summed E-state index contributed by atoms with van der Waals surface area (Å²) in [5, 5.41) is 0. The fraction of sp³-hybridized carbons (Fsp3) is 0.588. The van der Waals surface area contributed by atoms with Crippen LogP contribution in [0.3, 0.4) is 0 Å². The molecule has 1 atom stereocenters. The van der Waals surface area contributed by atoms with Crippen molar-refractivity contribution in [2.75, 3.05) is 6.26 Å². The van der Waals surface area contributed by atoms with Crippen molar-refractivity contribution in [1.82, 2.24) is 0 Å². The van der Waals surface area contributed by atoms with E-state index in [1.807, 2.05) is 0 Å². The average Bonchev–Trinajstić information content (AvgIpc) is 2.55. The molecule has 0 spiro atoms. The van der Waals surface area contributed by atoms with Crippen LogP contribution in [-0.4, -0.2) is 26.8 Å². The molecule has 0 bridgehead atoms. The van der Waals surface area contributed by atoms with Crippen LogP contribution in [0.15, 0.2) is 22.0 Å². The van der Waals surface area contributed by atoms with Crippen LogP contribution in [0.4, 0.5) is 22.0 Å². The quantitative estimate of drug-likeness (QED) is 0.373. The van der Waals surface area contributed by atoms with Crippen LogP contribution in [0.2, 0.25) is 0 Å². The van der Waals surface area contributed by atoms with Crippen molar-refractivity contribution in [3.8, 4) is 0 Å². The normalized spacial score (nSPS) is 14.0. The Bertz CT molecular complexity index is 832. The summed E-state index contributed by atoms with van der Waals surface area (Å²) >= 11 is 0.